The van der Waals surface area contributed by atoms with Crippen molar-refractivity contribution in [1.82, 2.24) is 20.4 Å². The SMILES string of the molecule is CC(C)(C)CC(=O)N[C@@H]1CC[C@H]2CCOc3ccccc3C(=O)N3CCN(CC4CCCCC4)C[C@H]3C(=O)NC[C@H]1O2. The fourth-order valence-electron chi connectivity index (χ4n) is 7.02. The lowest BCUT2D eigenvalue weighted by Gasteiger charge is -2.43. The van der Waals surface area contributed by atoms with Crippen LogP contribution in [0, 0.1) is 11.3 Å². The molecular formula is C33H50N4O5. The van der Waals surface area contributed by atoms with E-state index in [2.05, 4.69) is 36.3 Å². The molecule has 9 nitrogen and oxygen atoms in total. The Kier molecular flexibility index (Phi) is 10.1. The molecule has 2 saturated heterocycles. The van der Waals surface area contributed by atoms with Crippen LogP contribution in [0.1, 0.15) is 88.9 Å². The van der Waals surface area contributed by atoms with Gasteiger partial charge in [0.05, 0.1) is 30.4 Å². The number of carbonyl (C=O) groups excluding carboxylic acids is 3. The molecule has 0 radical (unpaired) electrons. The van der Waals surface area contributed by atoms with Crippen molar-refractivity contribution in [2.24, 2.45) is 11.3 Å². The third kappa shape index (κ3) is 8.04. The topological polar surface area (TPSA) is 100 Å². The molecule has 0 unspecified atom stereocenters. The van der Waals surface area contributed by atoms with E-state index >= 15 is 0 Å². The van der Waals surface area contributed by atoms with Crippen molar-refractivity contribution in [3.63, 3.8) is 0 Å². The van der Waals surface area contributed by atoms with Crippen molar-refractivity contribution < 1.29 is 23.9 Å². The normalized spacial score (nSPS) is 28.5. The number of nitrogens with one attached hydrogen (secondary N) is 2. The number of amides is 3. The maximum absolute atomic E-state index is 13.9. The quantitative estimate of drug-likeness (QED) is 0.561. The molecule has 42 heavy (non-hydrogen) atoms. The third-order valence-corrected chi connectivity index (χ3v) is 9.21. The van der Waals surface area contributed by atoms with Crippen molar-refractivity contribution in [1.29, 1.82) is 0 Å². The van der Waals surface area contributed by atoms with Gasteiger partial charge in [-0.05, 0) is 49.1 Å². The standard InChI is InChI=1S/C33H50N4O5/c1-33(2,3)19-30(38)35-26-14-13-24-15-18-41-28-12-8-7-11-25(28)32(40)37-17-16-36(21-23-9-5-4-6-10-23)22-27(37)31(39)34-20-29(26)42-24/h7-8,11-12,23-24,26-27,29H,4-6,9-10,13-22H2,1-3H3,(H,34,39)(H,35,38)/t24-,26+,27-,29+/m0/s1. The molecule has 1 aromatic rings. The van der Waals surface area contributed by atoms with Crippen molar-refractivity contribution in [3.05, 3.63) is 29.8 Å². The summed E-state index contributed by atoms with van der Waals surface area (Å²) in [7, 11) is 0. The highest BCUT2D eigenvalue weighted by atomic mass is 16.5. The monoisotopic (exact) mass is 582 g/mol. The zero-order chi connectivity index (χ0) is 29.7. The van der Waals surface area contributed by atoms with Crippen LogP contribution < -0.4 is 15.4 Å². The van der Waals surface area contributed by atoms with Crippen LogP contribution in [0.3, 0.4) is 0 Å². The molecule has 0 aromatic heterocycles. The second kappa shape index (κ2) is 13.8. The Morgan fingerprint density at radius 2 is 1.81 bits per heavy atom. The molecule has 1 aliphatic carbocycles. The number of ether oxygens (including phenoxy) is 2. The molecule has 4 atom stereocenters. The highest BCUT2D eigenvalue weighted by molar-refractivity contribution is 6.00. The molecule has 3 aliphatic heterocycles. The number of fused-ring (bicyclic) bond motifs is 4. The van der Waals surface area contributed by atoms with Gasteiger partial charge in [-0.25, -0.2) is 0 Å². The number of nitrogens with zero attached hydrogens (tertiary/aromatic N) is 2. The van der Waals surface area contributed by atoms with E-state index in [9.17, 15) is 14.4 Å². The lowest BCUT2D eigenvalue weighted by Crippen LogP contribution is -2.62. The van der Waals surface area contributed by atoms with Crippen LogP contribution in [0.2, 0.25) is 0 Å². The number of rotatable bonds is 4. The van der Waals surface area contributed by atoms with E-state index in [1.54, 1.807) is 11.0 Å². The minimum Gasteiger partial charge on any atom is -0.493 e. The van der Waals surface area contributed by atoms with Crippen molar-refractivity contribution in [2.45, 2.75) is 103 Å². The van der Waals surface area contributed by atoms with Crippen molar-refractivity contribution in [2.75, 3.05) is 39.3 Å². The van der Waals surface area contributed by atoms with E-state index in [-0.39, 0.29) is 47.9 Å². The van der Waals surface area contributed by atoms with E-state index in [0.29, 0.717) is 49.8 Å². The Hall–Kier alpha value is -2.65. The first-order valence-corrected chi connectivity index (χ1v) is 16.1. The molecule has 2 N–H and O–H groups in total. The summed E-state index contributed by atoms with van der Waals surface area (Å²) < 4.78 is 12.7. The van der Waals surface area contributed by atoms with Gasteiger partial charge in [-0.3, -0.25) is 19.3 Å². The van der Waals surface area contributed by atoms with Gasteiger partial charge in [0.25, 0.3) is 5.91 Å². The summed E-state index contributed by atoms with van der Waals surface area (Å²) in [6.07, 6.45) is 8.61. The molecular weight excluding hydrogens is 532 g/mol. The smallest absolute Gasteiger partial charge is 0.258 e. The Morgan fingerprint density at radius 1 is 1.02 bits per heavy atom. The molecule has 1 aromatic carbocycles. The molecule has 2 bridgehead atoms. The second-order valence-electron chi connectivity index (χ2n) is 13.9. The summed E-state index contributed by atoms with van der Waals surface area (Å²) >= 11 is 0. The summed E-state index contributed by atoms with van der Waals surface area (Å²) in [5, 5.41) is 6.33. The van der Waals surface area contributed by atoms with Gasteiger partial charge in [0.15, 0.2) is 0 Å². The molecule has 9 heteroatoms. The summed E-state index contributed by atoms with van der Waals surface area (Å²) in [4.78, 5) is 44.8. The van der Waals surface area contributed by atoms with Gasteiger partial charge in [0.2, 0.25) is 11.8 Å². The number of benzene rings is 1. The Morgan fingerprint density at radius 3 is 2.60 bits per heavy atom. The van der Waals surface area contributed by atoms with Crippen molar-refractivity contribution >= 4 is 17.7 Å². The van der Waals surface area contributed by atoms with E-state index in [0.717, 1.165) is 25.9 Å². The fraction of sp³-hybridized carbons (Fsp3) is 0.727. The Bertz CT molecular complexity index is 1100. The molecule has 0 spiro atoms. The molecule has 5 rings (SSSR count). The summed E-state index contributed by atoms with van der Waals surface area (Å²) in [6.45, 7) is 9.59. The summed E-state index contributed by atoms with van der Waals surface area (Å²) in [5.41, 5.74) is 0.380. The zero-order valence-electron chi connectivity index (χ0n) is 25.7. The first-order chi connectivity index (χ1) is 20.2. The number of carbonyl (C=O) groups is 3. The van der Waals surface area contributed by atoms with Crippen LogP contribution in [0.4, 0.5) is 0 Å². The predicted molar refractivity (Wildman–Crippen MR) is 161 cm³/mol. The van der Waals surface area contributed by atoms with Crippen LogP contribution in [0.25, 0.3) is 0 Å². The highest BCUT2D eigenvalue weighted by Crippen LogP contribution is 2.29. The largest absolute Gasteiger partial charge is 0.493 e. The third-order valence-electron chi connectivity index (χ3n) is 9.21. The van der Waals surface area contributed by atoms with Gasteiger partial charge in [-0.15, -0.1) is 0 Å². The van der Waals surface area contributed by atoms with Gasteiger partial charge < -0.3 is 25.0 Å². The fourth-order valence-corrected chi connectivity index (χ4v) is 7.02. The highest BCUT2D eigenvalue weighted by Gasteiger charge is 2.39. The van der Waals surface area contributed by atoms with Crippen LogP contribution in [-0.2, 0) is 14.3 Å². The minimum atomic E-state index is -0.612. The summed E-state index contributed by atoms with van der Waals surface area (Å²) in [5.74, 6) is 0.869. The number of hydrogen-bond donors (Lipinski definition) is 2. The zero-order valence-corrected chi connectivity index (χ0v) is 25.7. The average Bonchev–Trinajstić information content (AvgIpc) is 2.96. The maximum atomic E-state index is 13.9. The maximum Gasteiger partial charge on any atom is 0.258 e. The molecule has 3 heterocycles. The van der Waals surface area contributed by atoms with Crippen LogP contribution in [0.5, 0.6) is 5.75 Å². The van der Waals surface area contributed by atoms with Gasteiger partial charge in [0.1, 0.15) is 11.8 Å². The Labute approximate surface area is 251 Å². The number of para-hydroxylation sites is 1. The van der Waals surface area contributed by atoms with E-state index < -0.39 is 6.04 Å². The molecule has 1 saturated carbocycles. The number of piperazine rings is 1. The minimum absolute atomic E-state index is 0.00243. The van der Waals surface area contributed by atoms with Gasteiger partial charge >= 0.3 is 0 Å². The van der Waals surface area contributed by atoms with E-state index in [1.807, 2.05) is 18.2 Å². The lowest BCUT2D eigenvalue weighted by atomic mass is 9.88. The van der Waals surface area contributed by atoms with E-state index in [1.165, 1.54) is 32.1 Å². The van der Waals surface area contributed by atoms with Crippen LogP contribution in [-0.4, -0.2) is 91.1 Å². The first kappa shape index (κ1) is 30.8. The molecule has 3 fully saturated rings. The first-order valence-electron chi connectivity index (χ1n) is 16.1. The van der Waals surface area contributed by atoms with Gasteiger partial charge in [0, 0.05) is 45.6 Å². The average molecular weight is 583 g/mol. The lowest BCUT2D eigenvalue weighted by molar-refractivity contribution is -0.131. The number of hydrogen-bond acceptors (Lipinski definition) is 6. The second-order valence-corrected chi connectivity index (χ2v) is 13.9. The van der Waals surface area contributed by atoms with Crippen molar-refractivity contribution in [3.8, 4) is 5.75 Å². The van der Waals surface area contributed by atoms with Crippen LogP contribution >= 0.6 is 0 Å². The van der Waals surface area contributed by atoms with Gasteiger partial charge in [-0.1, -0.05) is 52.2 Å². The predicted octanol–water partition coefficient (Wildman–Crippen LogP) is 3.76. The van der Waals surface area contributed by atoms with Gasteiger partial charge in [-0.2, -0.15) is 0 Å². The van der Waals surface area contributed by atoms with Crippen LogP contribution in [0.15, 0.2) is 24.3 Å². The Balaban J connectivity index is 1.35. The molecule has 232 valence electrons. The molecule has 3 amide bonds. The van der Waals surface area contributed by atoms with E-state index in [4.69, 9.17) is 9.47 Å². The molecule has 4 aliphatic rings. The summed E-state index contributed by atoms with van der Waals surface area (Å²) in [6, 6.07) is 6.56.